The van der Waals surface area contributed by atoms with E-state index in [1.807, 2.05) is 0 Å². The fourth-order valence-electron chi connectivity index (χ4n) is 1.18. The molecule has 0 fully saturated rings. The second-order valence-electron chi connectivity index (χ2n) is 3.18. The molecule has 0 aliphatic carbocycles. The van der Waals surface area contributed by atoms with Gasteiger partial charge in [0.1, 0.15) is 0 Å². The van der Waals surface area contributed by atoms with Crippen molar-refractivity contribution in [3.63, 3.8) is 0 Å². The molecule has 1 N–H and O–H groups in total. The molecule has 0 aliphatic rings. The molecule has 4 nitrogen and oxygen atoms in total. The number of carbonyl (C=O) groups is 1. The van der Waals surface area contributed by atoms with E-state index in [1.54, 1.807) is 25.1 Å². The van der Waals surface area contributed by atoms with Gasteiger partial charge in [0.15, 0.2) is 11.5 Å². The van der Waals surface area contributed by atoms with Crippen LogP contribution in [-0.2, 0) is 4.79 Å². The molecule has 0 saturated carbocycles. The molecule has 0 heterocycles. The quantitative estimate of drug-likeness (QED) is 0.609. The molecule has 0 aliphatic heterocycles. The van der Waals surface area contributed by atoms with Crippen molar-refractivity contribution in [2.24, 2.45) is 0 Å². The van der Waals surface area contributed by atoms with Gasteiger partial charge in [-0.2, -0.15) is 0 Å². The summed E-state index contributed by atoms with van der Waals surface area (Å²) in [5.41, 5.74) is 0.711. The van der Waals surface area contributed by atoms with E-state index in [1.165, 1.54) is 14.0 Å². The number of aliphatic hydroxyl groups is 1. The summed E-state index contributed by atoms with van der Waals surface area (Å²) in [5.74, 6) is 0.385. The first kappa shape index (κ1) is 11.5. The highest BCUT2D eigenvalue weighted by molar-refractivity contribution is 5.70. The fraction of sp³-hybridized carbons (Fsp3) is 0.364. The summed E-state index contributed by atoms with van der Waals surface area (Å²) in [6, 6.07) is 4.93. The van der Waals surface area contributed by atoms with Crippen LogP contribution in [0.25, 0.3) is 0 Å². The number of methoxy groups -OCH3 is 1. The van der Waals surface area contributed by atoms with Crippen molar-refractivity contribution in [3.8, 4) is 11.5 Å². The third-order valence-corrected chi connectivity index (χ3v) is 1.92. The van der Waals surface area contributed by atoms with Crippen LogP contribution in [0, 0.1) is 0 Å². The van der Waals surface area contributed by atoms with Gasteiger partial charge in [-0.3, -0.25) is 4.79 Å². The third kappa shape index (κ3) is 2.95. The van der Waals surface area contributed by atoms with E-state index in [0.717, 1.165) is 0 Å². The van der Waals surface area contributed by atoms with Crippen LogP contribution in [0.15, 0.2) is 18.2 Å². The molecule has 1 rings (SSSR count). The second-order valence-corrected chi connectivity index (χ2v) is 3.18. The zero-order chi connectivity index (χ0) is 11.4. The molecule has 15 heavy (non-hydrogen) atoms. The largest absolute Gasteiger partial charge is 0.493 e. The first-order valence-electron chi connectivity index (χ1n) is 4.59. The van der Waals surface area contributed by atoms with Crippen LogP contribution in [0.4, 0.5) is 0 Å². The van der Waals surface area contributed by atoms with Gasteiger partial charge in [0.05, 0.1) is 13.2 Å². The summed E-state index contributed by atoms with van der Waals surface area (Å²) in [6.45, 7) is 2.97. The van der Waals surface area contributed by atoms with Gasteiger partial charge in [-0.25, -0.2) is 0 Å². The van der Waals surface area contributed by atoms with Crippen LogP contribution in [0.2, 0.25) is 0 Å². The maximum atomic E-state index is 10.8. The Hall–Kier alpha value is -1.55. The highest BCUT2D eigenvalue weighted by atomic mass is 16.6. The lowest BCUT2D eigenvalue weighted by atomic mass is 10.1. The maximum Gasteiger partial charge on any atom is 0.308 e. The molecular weight excluding hydrogens is 196 g/mol. The van der Waals surface area contributed by atoms with Crippen LogP contribution in [0.1, 0.15) is 25.5 Å². The molecule has 0 unspecified atom stereocenters. The van der Waals surface area contributed by atoms with Crippen LogP contribution in [0.3, 0.4) is 0 Å². The lowest BCUT2D eigenvalue weighted by Gasteiger charge is -2.11. The standard InChI is InChI=1S/C11H14O4/c1-7(12)9-4-5-10(15-8(2)13)11(6-9)14-3/h4-7,12H,1-3H3/t7-/m1/s1. The molecule has 1 aromatic carbocycles. The van der Waals surface area contributed by atoms with Crippen LogP contribution < -0.4 is 9.47 Å². The number of aliphatic hydroxyl groups excluding tert-OH is 1. The minimum absolute atomic E-state index is 0.356. The summed E-state index contributed by atoms with van der Waals surface area (Å²) in [4.78, 5) is 10.8. The van der Waals surface area contributed by atoms with E-state index in [0.29, 0.717) is 17.1 Å². The Morgan fingerprint density at radius 2 is 2.07 bits per heavy atom. The molecule has 4 heteroatoms. The molecule has 1 atom stereocenters. The lowest BCUT2D eigenvalue weighted by Crippen LogP contribution is -2.03. The summed E-state index contributed by atoms with van der Waals surface area (Å²) in [6.07, 6.45) is -0.578. The van der Waals surface area contributed by atoms with Gasteiger partial charge < -0.3 is 14.6 Å². The zero-order valence-corrected chi connectivity index (χ0v) is 8.98. The molecule has 1 aromatic rings. The number of benzene rings is 1. The second kappa shape index (κ2) is 4.79. The lowest BCUT2D eigenvalue weighted by molar-refractivity contribution is -0.132. The van der Waals surface area contributed by atoms with Crippen molar-refractivity contribution in [1.82, 2.24) is 0 Å². The predicted octanol–water partition coefficient (Wildman–Crippen LogP) is 1.67. The van der Waals surface area contributed by atoms with Gasteiger partial charge in [-0.05, 0) is 24.6 Å². The van der Waals surface area contributed by atoms with Crippen molar-refractivity contribution in [2.75, 3.05) is 7.11 Å². The maximum absolute atomic E-state index is 10.8. The third-order valence-electron chi connectivity index (χ3n) is 1.92. The summed E-state index contributed by atoms with van der Waals surface area (Å²) in [7, 11) is 1.48. The van der Waals surface area contributed by atoms with E-state index in [2.05, 4.69) is 0 Å². The molecular formula is C11H14O4. The minimum atomic E-state index is -0.578. The van der Waals surface area contributed by atoms with Crippen LogP contribution >= 0.6 is 0 Å². The highest BCUT2D eigenvalue weighted by Gasteiger charge is 2.09. The Kier molecular flexibility index (Phi) is 3.68. The summed E-state index contributed by atoms with van der Waals surface area (Å²) >= 11 is 0. The average molecular weight is 210 g/mol. The predicted molar refractivity (Wildman–Crippen MR) is 54.9 cm³/mol. The number of carbonyl (C=O) groups excluding carboxylic acids is 1. The molecule has 82 valence electrons. The van der Waals surface area contributed by atoms with Gasteiger partial charge >= 0.3 is 5.97 Å². The van der Waals surface area contributed by atoms with Crippen molar-refractivity contribution in [1.29, 1.82) is 0 Å². The van der Waals surface area contributed by atoms with Crippen LogP contribution in [-0.4, -0.2) is 18.2 Å². The number of ether oxygens (including phenoxy) is 2. The first-order valence-corrected chi connectivity index (χ1v) is 4.59. The molecule has 0 aromatic heterocycles. The molecule has 0 saturated heterocycles. The zero-order valence-electron chi connectivity index (χ0n) is 8.98. The van der Waals surface area contributed by atoms with E-state index < -0.39 is 12.1 Å². The van der Waals surface area contributed by atoms with E-state index in [-0.39, 0.29) is 0 Å². The topological polar surface area (TPSA) is 55.8 Å². The number of hydrogen-bond donors (Lipinski definition) is 1. The smallest absolute Gasteiger partial charge is 0.308 e. The molecule has 0 spiro atoms. The Morgan fingerprint density at radius 1 is 1.40 bits per heavy atom. The van der Waals surface area contributed by atoms with E-state index >= 15 is 0 Å². The van der Waals surface area contributed by atoms with Gasteiger partial charge in [-0.15, -0.1) is 0 Å². The SMILES string of the molecule is COc1cc([C@@H](C)O)ccc1OC(C)=O. The molecule has 0 bridgehead atoms. The van der Waals surface area contributed by atoms with Crippen molar-refractivity contribution >= 4 is 5.97 Å². The minimum Gasteiger partial charge on any atom is -0.493 e. The van der Waals surface area contributed by atoms with Crippen LogP contribution in [0.5, 0.6) is 11.5 Å². The fourth-order valence-corrected chi connectivity index (χ4v) is 1.18. The normalized spacial score (nSPS) is 12.0. The van der Waals surface area contributed by atoms with Gasteiger partial charge in [0, 0.05) is 6.92 Å². The summed E-state index contributed by atoms with van der Waals surface area (Å²) in [5, 5.41) is 9.35. The van der Waals surface area contributed by atoms with Gasteiger partial charge in [-0.1, -0.05) is 6.07 Å². The number of esters is 1. The number of hydrogen-bond acceptors (Lipinski definition) is 4. The van der Waals surface area contributed by atoms with E-state index in [9.17, 15) is 9.90 Å². The molecule has 0 radical (unpaired) electrons. The Labute approximate surface area is 88.4 Å². The monoisotopic (exact) mass is 210 g/mol. The highest BCUT2D eigenvalue weighted by Crippen LogP contribution is 2.30. The first-order chi connectivity index (χ1) is 7.04. The summed E-state index contributed by atoms with van der Waals surface area (Å²) < 4.78 is 9.97. The van der Waals surface area contributed by atoms with Crippen molar-refractivity contribution < 1.29 is 19.4 Å². The number of rotatable bonds is 3. The Balaban J connectivity index is 3.03. The van der Waals surface area contributed by atoms with E-state index in [4.69, 9.17) is 9.47 Å². The van der Waals surface area contributed by atoms with Crippen molar-refractivity contribution in [3.05, 3.63) is 23.8 Å². The molecule has 0 amide bonds. The average Bonchev–Trinajstić information content (AvgIpc) is 2.17. The van der Waals surface area contributed by atoms with Gasteiger partial charge in [0.25, 0.3) is 0 Å². The Morgan fingerprint density at radius 3 is 2.53 bits per heavy atom. The Bertz CT molecular complexity index is 358. The van der Waals surface area contributed by atoms with Crippen molar-refractivity contribution in [2.45, 2.75) is 20.0 Å². The van der Waals surface area contributed by atoms with Gasteiger partial charge in [0.2, 0.25) is 0 Å².